The molecule has 64 radical (unpaired) electrons. The van der Waals surface area contributed by atoms with E-state index in [4.69, 9.17) is 251 Å². The Morgan fingerprint density at radius 1 is 0.122 bits per heavy atom. The van der Waals surface area contributed by atoms with Crippen LogP contribution in [0, 0.1) is 0 Å². The van der Waals surface area contributed by atoms with Gasteiger partial charge < -0.3 is 9.13 Å². The quantitative estimate of drug-likeness (QED) is 0.152. The van der Waals surface area contributed by atoms with Crippen LogP contribution >= 0.6 is 0 Å². The molecule has 0 unspecified atom stereocenters. The third-order valence-corrected chi connectivity index (χ3v) is 15.7. The highest BCUT2D eigenvalue weighted by Crippen LogP contribution is 2.38. The predicted octanol–water partition coefficient (Wildman–Crippen LogP) is -25.7. The average Bonchev–Trinajstić information content (AvgIpc) is 2.66. The maximum Gasteiger partial charge on any atom is 0.117 e. The Morgan fingerprint density at radius 2 is 0.268 bits per heavy atom. The van der Waals surface area contributed by atoms with Gasteiger partial charge in [-0.2, -0.15) is 0 Å². The van der Waals surface area contributed by atoms with Crippen LogP contribution in [-0.2, 0) is 0 Å². The lowest BCUT2D eigenvalue weighted by Gasteiger charge is -2.31. The Morgan fingerprint density at radius 3 is 0.549 bits per heavy atom. The van der Waals surface area contributed by atoms with Crippen molar-refractivity contribution >= 4 is 470 Å². The first-order valence-corrected chi connectivity index (χ1v) is 23.8. The van der Waals surface area contributed by atoms with Crippen molar-refractivity contribution in [2.75, 3.05) is 0 Å². The zero-order valence-corrected chi connectivity index (χ0v) is 43.4. The Kier molecular flexibility index (Phi) is 15.2. The van der Waals surface area contributed by atoms with Crippen LogP contribution < -0.4 is 175 Å². The van der Waals surface area contributed by atoms with Gasteiger partial charge >= 0.3 is 0 Å². The highest BCUT2D eigenvalue weighted by atomic mass is 15.0. The molecule has 0 saturated heterocycles. The fraction of sp³-hybridized carbons (Fsp3) is 0. The summed E-state index contributed by atoms with van der Waals surface area (Å²) in [5.41, 5.74) is -7.38. The molecule has 82 heavy (non-hydrogen) atoms. The fourth-order valence-corrected chi connectivity index (χ4v) is 11.2. The summed E-state index contributed by atoms with van der Waals surface area (Å²) in [6, 6.07) is 0. The van der Waals surface area contributed by atoms with E-state index in [1.165, 1.54) is 9.13 Å². The second-order valence-corrected chi connectivity index (χ2v) is 19.8. The molecule has 0 amide bonds. The average molecular weight is 951 g/mol. The topological polar surface area (TPSA) is 9.86 Å². The minimum absolute atomic E-state index is 0.0194. The summed E-state index contributed by atoms with van der Waals surface area (Å²) >= 11 is 0. The van der Waals surface area contributed by atoms with Gasteiger partial charge in [0, 0.05) is 55.0 Å². The molecule has 10 aromatic rings. The number of aromatic nitrogens is 2. The SMILES string of the molecule is [B]c1c([B])c([B])c(-c2c([B])c([B])c(-c3c([B])c([B])c([B])c(-n4c5c([B])c([B])c([B])c([B])c5c5c6c7c([B])c([B])c([B])c([B])c7n(-c7c([B])c([B])c(-c8c([B])c([B])c([B])c([B])c8[B])c([B])c7[B])c6c([B])c([B])c54)c3[B])c([B])c2[B])c([B])c1[B]. The molecule has 0 fully saturated rings. The van der Waals surface area contributed by atoms with Gasteiger partial charge in [-0.25, -0.2) is 0 Å². The molecule has 2 nitrogen and oxygen atoms in total. The molecule has 0 aliphatic heterocycles. The minimum Gasteiger partial charge on any atom is -0.312 e. The van der Waals surface area contributed by atoms with Crippen LogP contribution in [0.5, 0.6) is 0 Å². The highest BCUT2D eigenvalue weighted by molar-refractivity contribution is 6.77. The van der Waals surface area contributed by atoms with Gasteiger partial charge in [-0.1, -0.05) is 115 Å². The van der Waals surface area contributed by atoms with Gasteiger partial charge in [0.15, 0.2) is 0 Å². The number of nitrogens with zero attached hydrogens (tertiary/aromatic N) is 2. The van der Waals surface area contributed by atoms with E-state index in [1.807, 2.05) is 0 Å². The molecule has 0 aliphatic carbocycles. The van der Waals surface area contributed by atoms with E-state index in [0.717, 1.165) is 0 Å². The van der Waals surface area contributed by atoms with Crippen molar-refractivity contribution in [2.24, 2.45) is 0 Å². The number of rotatable bonds is 5. The van der Waals surface area contributed by atoms with Crippen molar-refractivity contribution in [3.63, 3.8) is 0 Å². The maximum atomic E-state index is 7.36. The first-order valence-electron chi connectivity index (χ1n) is 23.8. The first-order chi connectivity index (χ1) is 38.1. The van der Waals surface area contributed by atoms with Crippen molar-refractivity contribution in [3.8, 4) is 44.8 Å². The van der Waals surface area contributed by atoms with Crippen molar-refractivity contribution in [2.45, 2.75) is 0 Å². The van der Waals surface area contributed by atoms with E-state index in [2.05, 4.69) is 0 Å². The zero-order chi connectivity index (χ0) is 60.9. The van der Waals surface area contributed by atoms with E-state index >= 15 is 0 Å². The summed E-state index contributed by atoms with van der Waals surface area (Å²) in [6.45, 7) is 0. The lowest BCUT2D eigenvalue weighted by Crippen LogP contribution is -2.57. The Hall–Kier alpha value is -4.56. The van der Waals surface area contributed by atoms with Gasteiger partial charge in [0.05, 0.1) is 0 Å². The summed E-state index contributed by atoms with van der Waals surface area (Å²) in [5.74, 6) is 0. The molecule has 34 heteroatoms. The van der Waals surface area contributed by atoms with Crippen LogP contribution in [0.2, 0.25) is 0 Å². The number of benzene rings is 8. The van der Waals surface area contributed by atoms with E-state index in [0.29, 0.717) is 0 Å². The Balaban J connectivity index is 1.42. The minimum atomic E-state index is -0.305. The fourth-order valence-electron chi connectivity index (χ4n) is 11.2. The molecule has 2 heterocycles. The molecule has 2 aromatic heterocycles. The lowest BCUT2D eigenvalue weighted by atomic mass is 9.55. The molecule has 0 saturated carbocycles. The molecule has 0 bridgehead atoms. The highest BCUT2D eigenvalue weighted by Gasteiger charge is 2.32. The smallest absolute Gasteiger partial charge is 0.117 e. The molecule has 8 aromatic carbocycles. The van der Waals surface area contributed by atoms with Crippen LogP contribution in [-0.4, -0.2) is 260 Å². The summed E-state index contributed by atoms with van der Waals surface area (Å²) in [6.07, 6.45) is 0. The Labute approximate surface area is 519 Å². The van der Waals surface area contributed by atoms with E-state index in [9.17, 15) is 0 Å². The number of hydrogen-bond acceptors (Lipinski definition) is 0. The molecule has 0 atom stereocenters. The van der Waals surface area contributed by atoms with Crippen molar-refractivity contribution in [3.05, 3.63) is 0 Å². The first kappa shape index (κ1) is 60.6. The third-order valence-electron chi connectivity index (χ3n) is 15.7. The van der Waals surface area contributed by atoms with Gasteiger partial charge in [-0.3, -0.25) is 0 Å². The molecule has 0 aliphatic rings. The zero-order valence-electron chi connectivity index (χ0n) is 43.4. The summed E-state index contributed by atoms with van der Waals surface area (Å²) < 4.78 is 2.77. The summed E-state index contributed by atoms with van der Waals surface area (Å²) in [5, 5.41) is 0.228. The van der Waals surface area contributed by atoms with Crippen molar-refractivity contribution in [1.29, 1.82) is 0 Å². The third kappa shape index (κ3) is 7.80. The van der Waals surface area contributed by atoms with Crippen LogP contribution in [0.3, 0.4) is 0 Å². The molecule has 0 N–H and O–H groups in total. The standard InChI is InChI=1S/C48B32N2/c49-11-3(4-15(53)25(63)32(70)26(64)16(4)54)12(50)14(52)7(13(11)51)8-19(57)31(69)40(78)47(24(8)62)81-43-1(9-22(60)29(67)34(72)38(76)45(9)81)2-10-23(61)30(68)35(73)39(77)46(10)82(44(2)42(80)41(43)79)48-36(74)20(58)6(21(59)37(48)75)5-17(55)27(65)33(71)28(66)18(5)56. The molecular formula is C48B32N2. The van der Waals surface area contributed by atoms with E-state index in [1.54, 1.807) is 0 Å². The summed E-state index contributed by atoms with van der Waals surface area (Å²) in [7, 11) is 216. The molecule has 10 rings (SSSR count). The van der Waals surface area contributed by atoms with Crippen LogP contribution in [0.4, 0.5) is 0 Å². The van der Waals surface area contributed by atoms with Gasteiger partial charge in [0.2, 0.25) is 0 Å². The van der Waals surface area contributed by atoms with Crippen molar-refractivity contribution in [1.82, 2.24) is 9.13 Å². The Bertz CT molecular complexity index is 4590. The molecular weight excluding hydrogens is 951 g/mol. The van der Waals surface area contributed by atoms with Gasteiger partial charge in [0.1, 0.15) is 251 Å². The second-order valence-electron chi connectivity index (χ2n) is 19.8. The van der Waals surface area contributed by atoms with Crippen LogP contribution in [0.15, 0.2) is 0 Å². The summed E-state index contributed by atoms with van der Waals surface area (Å²) in [4.78, 5) is 0. The number of hydrogen-bond donors (Lipinski definition) is 0. The van der Waals surface area contributed by atoms with Gasteiger partial charge in [-0.05, 0) is 33.4 Å². The molecule has 298 valence electrons. The predicted molar refractivity (Wildman–Crippen MR) is 384 cm³/mol. The maximum absolute atomic E-state index is 7.36. The largest absolute Gasteiger partial charge is 0.312 e. The molecule has 0 spiro atoms. The normalized spacial score (nSPS) is 11.8. The van der Waals surface area contributed by atoms with E-state index < -0.39 is 0 Å². The van der Waals surface area contributed by atoms with Crippen LogP contribution in [0.1, 0.15) is 0 Å². The number of fused-ring (bicyclic) bond motifs is 7. The van der Waals surface area contributed by atoms with Gasteiger partial charge in [-0.15, -0.1) is 60.1 Å². The monoisotopic (exact) mass is 956 g/mol. The second kappa shape index (κ2) is 20.6. The van der Waals surface area contributed by atoms with Gasteiger partial charge in [0.25, 0.3) is 0 Å². The lowest BCUT2D eigenvalue weighted by molar-refractivity contribution is 1.21. The van der Waals surface area contributed by atoms with Crippen molar-refractivity contribution < 1.29 is 0 Å². The van der Waals surface area contributed by atoms with Crippen LogP contribution in [0.25, 0.3) is 88.4 Å². The van der Waals surface area contributed by atoms with E-state index in [-0.39, 0.29) is 263 Å².